The molecule has 226 valence electrons. The van der Waals surface area contributed by atoms with Crippen LogP contribution in [-0.4, -0.2) is 80.6 Å². The number of imide groups is 1. The van der Waals surface area contributed by atoms with Gasteiger partial charge in [-0.25, -0.2) is 9.69 Å². The number of Topliss-reactive ketones (excluding diaryl/α,β-unsaturated/α-hetero) is 1. The fourth-order valence-corrected chi connectivity index (χ4v) is 6.47. The van der Waals surface area contributed by atoms with Gasteiger partial charge in [0.15, 0.2) is 6.61 Å². The third-order valence-corrected chi connectivity index (χ3v) is 8.96. The van der Waals surface area contributed by atoms with Crippen LogP contribution in [0.4, 0.5) is 11.4 Å². The lowest BCUT2D eigenvalue weighted by molar-refractivity contribution is -0.384. The summed E-state index contributed by atoms with van der Waals surface area (Å²) in [5, 5.41) is 10.3. The first kappa shape index (κ1) is 31.0. The van der Waals surface area contributed by atoms with E-state index in [1.54, 1.807) is 0 Å². The molecule has 2 aliphatic heterocycles. The highest BCUT2D eigenvalue weighted by molar-refractivity contribution is 8.23. The largest absolute Gasteiger partial charge is 0.454 e. The van der Waals surface area contributed by atoms with Gasteiger partial charge in [-0.1, -0.05) is 66.4 Å². The van der Waals surface area contributed by atoms with E-state index in [9.17, 15) is 29.3 Å². The van der Waals surface area contributed by atoms with Gasteiger partial charge in [0.25, 0.3) is 5.69 Å². The lowest BCUT2D eigenvalue weighted by Gasteiger charge is -2.36. The van der Waals surface area contributed by atoms with Crippen molar-refractivity contribution in [1.82, 2.24) is 9.80 Å². The molecule has 2 heterocycles. The molecule has 3 aromatic rings. The van der Waals surface area contributed by atoms with Gasteiger partial charge in [0.1, 0.15) is 9.57 Å². The number of amides is 2. The minimum atomic E-state index is -0.794. The van der Waals surface area contributed by atoms with Crippen LogP contribution in [0, 0.1) is 10.1 Å². The summed E-state index contributed by atoms with van der Waals surface area (Å²) in [5.41, 5.74) is 1.48. The molecule has 13 heteroatoms. The molecule has 2 amide bonds. The Morgan fingerprint density at radius 2 is 1.64 bits per heavy atom. The molecule has 2 aliphatic rings. The topological polar surface area (TPSA) is 130 Å². The van der Waals surface area contributed by atoms with Crippen molar-refractivity contribution in [2.75, 3.05) is 37.7 Å². The number of nitro groups is 1. The average Bonchev–Trinajstić information content (AvgIpc) is 3.32. The number of benzene rings is 3. The molecule has 0 aromatic heterocycles. The number of rotatable bonds is 9. The number of ether oxygens (including phenoxy) is 1. The van der Waals surface area contributed by atoms with E-state index in [2.05, 4.69) is 21.9 Å². The number of hydrogen-bond donors (Lipinski definition) is 0. The number of esters is 1. The van der Waals surface area contributed by atoms with Crippen molar-refractivity contribution in [3.63, 3.8) is 0 Å². The zero-order valence-electron chi connectivity index (χ0n) is 23.5. The molecule has 2 fully saturated rings. The van der Waals surface area contributed by atoms with Crippen LogP contribution in [-0.2, 0) is 20.9 Å². The van der Waals surface area contributed by atoms with E-state index < -0.39 is 28.5 Å². The fourth-order valence-electron chi connectivity index (χ4n) is 4.93. The van der Waals surface area contributed by atoms with Crippen LogP contribution >= 0.6 is 24.0 Å². The molecule has 11 nitrogen and oxygen atoms in total. The molecule has 0 aliphatic carbocycles. The second kappa shape index (κ2) is 13.9. The van der Waals surface area contributed by atoms with Crippen LogP contribution in [0.2, 0.25) is 0 Å². The van der Waals surface area contributed by atoms with Gasteiger partial charge in [-0.2, -0.15) is 0 Å². The summed E-state index contributed by atoms with van der Waals surface area (Å²) in [4.78, 5) is 66.7. The van der Waals surface area contributed by atoms with Crippen molar-refractivity contribution < 1.29 is 28.8 Å². The Morgan fingerprint density at radius 3 is 2.32 bits per heavy atom. The van der Waals surface area contributed by atoms with Gasteiger partial charge in [0, 0.05) is 56.8 Å². The molecule has 0 saturated carbocycles. The van der Waals surface area contributed by atoms with Gasteiger partial charge in [-0.05, 0) is 29.8 Å². The van der Waals surface area contributed by atoms with Crippen LogP contribution in [0.25, 0.3) is 0 Å². The molecule has 0 unspecified atom stereocenters. The lowest BCUT2D eigenvalue weighted by Crippen LogP contribution is -2.47. The smallest absolute Gasteiger partial charge is 0.338 e. The summed E-state index contributed by atoms with van der Waals surface area (Å²) in [7, 11) is 0. The summed E-state index contributed by atoms with van der Waals surface area (Å²) in [6.45, 7) is 3.44. The van der Waals surface area contributed by atoms with Gasteiger partial charge in [0.2, 0.25) is 17.6 Å². The molecule has 0 bridgehead atoms. The van der Waals surface area contributed by atoms with E-state index in [1.165, 1.54) is 59.8 Å². The van der Waals surface area contributed by atoms with Crippen molar-refractivity contribution in [2.45, 2.75) is 18.2 Å². The van der Waals surface area contributed by atoms with Gasteiger partial charge in [-0.15, -0.1) is 0 Å². The Bertz CT molecular complexity index is 1590. The summed E-state index contributed by atoms with van der Waals surface area (Å²) in [5.74, 6) is -2.12. The number of non-ortho nitro benzene ring substituents is 1. The highest BCUT2D eigenvalue weighted by Gasteiger charge is 2.41. The van der Waals surface area contributed by atoms with Gasteiger partial charge < -0.3 is 9.64 Å². The summed E-state index contributed by atoms with van der Waals surface area (Å²) < 4.78 is 5.67. The van der Waals surface area contributed by atoms with Crippen molar-refractivity contribution in [3.05, 3.63) is 106 Å². The molecule has 0 N–H and O–H groups in total. The first-order valence-electron chi connectivity index (χ1n) is 13.8. The number of ketones is 1. The summed E-state index contributed by atoms with van der Waals surface area (Å²) in [6, 6.07) is 21.1. The molecule has 0 spiro atoms. The first-order chi connectivity index (χ1) is 21.2. The molecule has 3 aromatic carbocycles. The molecular weight excluding hydrogens is 604 g/mol. The van der Waals surface area contributed by atoms with Crippen molar-refractivity contribution >= 4 is 63.2 Å². The lowest BCUT2D eigenvalue weighted by atomic mass is 10.1. The van der Waals surface area contributed by atoms with Crippen LogP contribution < -0.4 is 4.90 Å². The Hall–Kier alpha value is -4.46. The monoisotopic (exact) mass is 632 g/mol. The van der Waals surface area contributed by atoms with Crippen molar-refractivity contribution in [2.24, 2.45) is 0 Å². The first-order valence-corrected chi connectivity index (χ1v) is 15.1. The third kappa shape index (κ3) is 7.36. The molecule has 0 radical (unpaired) electrons. The Labute approximate surface area is 262 Å². The van der Waals surface area contributed by atoms with Crippen molar-refractivity contribution in [3.8, 4) is 0 Å². The van der Waals surface area contributed by atoms with E-state index in [0.29, 0.717) is 10.0 Å². The SMILES string of the molecule is O=C(COC(=O)c1ccc(N2C(=O)C[C@H](SC(=S)N3CCN(Cc4ccccc4)CC3)C2=O)cc1)c1cccc([N+](=O)[O-])c1. The van der Waals surface area contributed by atoms with E-state index >= 15 is 0 Å². The minimum Gasteiger partial charge on any atom is -0.454 e. The number of nitrogens with zero attached hydrogens (tertiary/aromatic N) is 4. The van der Waals surface area contributed by atoms with E-state index in [4.69, 9.17) is 17.0 Å². The number of anilines is 1. The number of hydrogen-bond acceptors (Lipinski definition) is 10. The number of nitro benzene ring substituents is 1. The number of thioether (sulfide) groups is 1. The second-order valence-electron chi connectivity index (χ2n) is 10.2. The van der Waals surface area contributed by atoms with Crippen LogP contribution in [0.3, 0.4) is 0 Å². The summed E-state index contributed by atoms with van der Waals surface area (Å²) in [6.07, 6.45) is 0.0150. The maximum absolute atomic E-state index is 13.2. The van der Waals surface area contributed by atoms with Crippen LogP contribution in [0.1, 0.15) is 32.7 Å². The Balaban J connectivity index is 1.11. The van der Waals surface area contributed by atoms with Crippen LogP contribution in [0.15, 0.2) is 78.9 Å². The predicted molar refractivity (Wildman–Crippen MR) is 169 cm³/mol. The van der Waals surface area contributed by atoms with Gasteiger partial charge >= 0.3 is 5.97 Å². The highest BCUT2D eigenvalue weighted by atomic mass is 32.2. The number of carbonyl (C=O) groups excluding carboxylic acids is 4. The van der Waals surface area contributed by atoms with Crippen LogP contribution in [0.5, 0.6) is 0 Å². The second-order valence-corrected chi connectivity index (χ2v) is 12.1. The average molecular weight is 633 g/mol. The molecule has 2 saturated heterocycles. The highest BCUT2D eigenvalue weighted by Crippen LogP contribution is 2.32. The fraction of sp³-hybridized carbons (Fsp3) is 0.258. The third-order valence-electron chi connectivity index (χ3n) is 7.30. The van der Waals surface area contributed by atoms with E-state index in [0.717, 1.165) is 43.7 Å². The normalized spacial score (nSPS) is 17.0. The van der Waals surface area contributed by atoms with Crippen molar-refractivity contribution in [1.29, 1.82) is 0 Å². The molecule has 5 rings (SSSR count). The molecular formula is C31H28N4O7S2. The summed E-state index contributed by atoms with van der Waals surface area (Å²) >= 11 is 6.88. The number of piperazine rings is 1. The van der Waals surface area contributed by atoms with E-state index in [1.807, 2.05) is 18.2 Å². The predicted octanol–water partition coefficient (Wildman–Crippen LogP) is 4.10. The maximum Gasteiger partial charge on any atom is 0.338 e. The number of carbonyl (C=O) groups is 4. The minimum absolute atomic E-state index is 0.0150. The quantitative estimate of drug-likeness (QED) is 0.0844. The zero-order chi connectivity index (χ0) is 31.2. The van der Waals surface area contributed by atoms with E-state index in [-0.39, 0.29) is 35.0 Å². The number of thiocarbonyl (C=S) groups is 1. The molecule has 44 heavy (non-hydrogen) atoms. The maximum atomic E-state index is 13.2. The standard InChI is InChI=1S/C31H28N4O7S2/c36-26(23-7-4-8-25(17-23)35(40)41)20-42-30(39)22-9-11-24(12-10-22)34-28(37)18-27(29(34)38)44-31(43)33-15-13-32(14-16-33)19-21-5-2-1-3-6-21/h1-12,17,27H,13-16,18-20H2/t27-/m0/s1. The Morgan fingerprint density at radius 1 is 0.932 bits per heavy atom. The molecule has 1 atom stereocenters. The van der Waals surface area contributed by atoms with Gasteiger partial charge in [-0.3, -0.25) is 29.4 Å². The zero-order valence-corrected chi connectivity index (χ0v) is 25.1. The van der Waals surface area contributed by atoms with Gasteiger partial charge in [0.05, 0.1) is 16.2 Å². The Kier molecular flexibility index (Phi) is 9.78.